The van der Waals surface area contributed by atoms with Crippen molar-refractivity contribution in [3.05, 3.63) is 70.8 Å². The summed E-state index contributed by atoms with van der Waals surface area (Å²) in [5, 5.41) is 20.4. The third-order valence-corrected chi connectivity index (χ3v) is 4.59. The molecule has 0 atom stereocenters. The van der Waals surface area contributed by atoms with Crippen molar-refractivity contribution < 1.29 is 9.59 Å². The van der Waals surface area contributed by atoms with Crippen molar-refractivity contribution in [3.8, 4) is 0 Å². The number of amidine groups is 2. The quantitative estimate of drug-likeness (QED) is 0.166. The molecule has 2 aromatic carbocycles. The minimum Gasteiger partial charge on any atom is -0.384 e. The Morgan fingerprint density at radius 3 is 1.16 bits per heavy atom. The molecule has 0 aromatic heterocycles. The molecule has 0 aliphatic rings. The average molecular weight is 481 g/mol. The van der Waals surface area contributed by atoms with Crippen molar-refractivity contribution in [1.29, 1.82) is 10.8 Å². The van der Waals surface area contributed by atoms with E-state index < -0.39 is 0 Å². The Labute approximate surface area is 200 Å². The van der Waals surface area contributed by atoms with Crippen LogP contribution in [-0.2, 0) is 0 Å². The lowest BCUT2D eigenvalue weighted by molar-refractivity contribution is 0.0943. The Hall–Kier alpha value is -3.10. The number of nitrogens with one attached hydrogen (secondary N) is 4. The molecule has 32 heavy (non-hydrogen) atoms. The molecule has 10 heteroatoms. The van der Waals surface area contributed by atoms with Gasteiger partial charge in [-0.05, 0) is 37.1 Å². The Kier molecular flexibility index (Phi) is 13.4. The number of nitrogens with two attached hydrogens (primary N) is 2. The van der Waals surface area contributed by atoms with Gasteiger partial charge in [-0.15, -0.1) is 24.8 Å². The number of carbonyl (C=O) groups is 2. The van der Waals surface area contributed by atoms with Gasteiger partial charge in [0.15, 0.2) is 0 Å². The largest absolute Gasteiger partial charge is 0.384 e. The van der Waals surface area contributed by atoms with Crippen LogP contribution in [0.3, 0.4) is 0 Å². The summed E-state index contributed by atoms with van der Waals surface area (Å²) in [6.45, 7) is 1.17. The van der Waals surface area contributed by atoms with Gasteiger partial charge in [0.2, 0.25) is 0 Å². The highest BCUT2D eigenvalue weighted by Gasteiger charge is 2.06. The number of halogens is 2. The number of amides is 2. The van der Waals surface area contributed by atoms with Crippen molar-refractivity contribution in [2.45, 2.75) is 25.7 Å². The first-order valence-electron chi connectivity index (χ1n) is 9.84. The van der Waals surface area contributed by atoms with E-state index >= 15 is 0 Å². The molecule has 0 radical (unpaired) electrons. The lowest BCUT2D eigenvalue weighted by atomic mass is 10.1. The molecule has 2 rings (SSSR count). The van der Waals surface area contributed by atoms with Gasteiger partial charge in [0.1, 0.15) is 11.7 Å². The molecule has 0 aliphatic carbocycles. The van der Waals surface area contributed by atoms with E-state index in [1.54, 1.807) is 48.5 Å². The van der Waals surface area contributed by atoms with Gasteiger partial charge in [0, 0.05) is 35.3 Å². The smallest absolute Gasteiger partial charge is 0.251 e. The second kappa shape index (κ2) is 14.8. The van der Waals surface area contributed by atoms with Gasteiger partial charge in [-0.2, -0.15) is 0 Å². The van der Waals surface area contributed by atoms with E-state index in [4.69, 9.17) is 22.3 Å². The second-order valence-electron chi connectivity index (χ2n) is 6.91. The van der Waals surface area contributed by atoms with Gasteiger partial charge >= 0.3 is 0 Å². The monoisotopic (exact) mass is 480 g/mol. The third-order valence-electron chi connectivity index (χ3n) is 4.59. The molecule has 0 unspecified atom stereocenters. The molecule has 0 saturated heterocycles. The van der Waals surface area contributed by atoms with Crippen molar-refractivity contribution in [1.82, 2.24) is 10.6 Å². The standard InChI is InChI=1S/C22H28N6O2.2ClH/c23-19(24)15-5-9-17(10-6-15)21(29)27-13-3-1-2-4-14-28-22(30)18-11-7-16(8-12-18)20(25)26;;/h5-12H,1-4,13-14H2,(H3,23,24)(H3,25,26)(H,27,29)(H,28,30);2*1H. The molecule has 2 aromatic rings. The Balaban J connectivity index is 0.00000480. The van der Waals surface area contributed by atoms with Crippen LogP contribution in [0, 0.1) is 10.8 Å². The first-order chi connectivity index (χ1) is 14.4. The fourth-order valence-corrected chi connectivity index (χ4v) is 2.81. The molecular weight excluding hydrogens is 451 g/mol. The summed E-state index contributed by atoms with van der Waals surface area (Å²) in [6, 6.07) is 13.2. The fourth-order valence-electron chi connectivity index (χ4n) is 2.81. The minimum absolute atomic E-state index is 0. The van der Waals surface area contributed by atoms with Crippen LogP contribution in [0.2, 0.25) is 0 Å². The number of unbranched alkanes of at least 4 members (excludes halogenated alkanes) is 3. The molecule has 0 bridgehead atoms. The second-order valence-corrected chi connectivity index (χ2v) is 6.91. The maximum Gasteiger partial charge on any atom is 0.251 e. The van der Waals surface area contributed by atoms with Gasteiger partial charge in [-0.1, -0.05) is 37.1 Å². The van der Waals surface area contributed by atoms with E-state index in [1.807, 2.05) is 0 Å². The fraction of sp³-hybridized carbons (Fsp3) is 0.273. The van der Waals surface area contributed by atoms with E-state index in [-0.39, 0.29) is 48.3 Å². The summed E-state index contributed by atoms with van der Waals surface area (Å²) in [6.07, 6.45) is 3.62. The highest BCUT2D eigenvalue weighted by atomic mass is 35.5. The van der Waals surface area contributed by atoms with Crippen LogP contribution in [0.1, 0.15) is 57.5 Å². The summed E-state index contributed by atoms with van der Waals surface area (Å²) >= 11 is 0. The van der Waals surface area contributed by atoms with Crippen LogP contribution >= 0.6 is 24.8 Å². The van der Waals surface area contributed by atoms with Gasteiger partial charge in [-0.25, -0.2) is 0 Å². The predicted molar refractivity (Wildman–Crippen MR) is 133 cm³/mol. The van der Waals surface area contributed by atoms with Crippen LogP contribution in [0.15, 0.2) is 48.5 Å². The molecule has 0 heterocycles. The average Bonchev–Trinajstić information content (AvgIpc) is 2.75. The summed E-state index contributed by atoms with van der Waals surface area (Å²) in [5.41, 5.74) is 13.1. The number of carbonyl (C=O) groups excluding carboxylic acids is 2. The molecule has 8 N–H and O–H groups in total. The summed E-state index contributed by atoms with van der Waals surface area (Å²) < 4.78 is 0. The van der Waals surface area contributed by atoms with E-state index in [2.05, 4.69) is 10.6 Å². The van der Waals surface area contributed by atoms with Crippen LogP contribution in [0.4, 0.5) is 0 Å². The van der Waals surface area contributed by atoms with Crippen molar-refractivity contribution in [3.63, 3.8) is 0 Å². The van der Waals surface area contributed by atoms with Crippen molar-refractivity contribution >= 4 is 48.3 Å². The Bertz CT molecular complexity index is 826. The zero-order chi connectivity index (χ0) is 21.9. The first kappa shape index (κ1) is 28.9. The van der Waals surface area contributed by atoms with E-state index in [0.29, 0.717) is 35.3 Å². The zero-order valence-corrected chi connectivity index (χ0v) is 19.3. The Morgan fingerprint density at radius 1 is 0.594 bits per heavy atom. The molecule has 0 spiro atoms. The molecule has 2 amide bonds. The van der Waals surface area contributed by atoms with Crippen molar-refractivity contribution in [2.75, 3.05) is 13.1 Å². The summed E-state index contributed by atoms with van der Waals surface area (Å²) in [7, 11) is 0. The molecule has 0 aliphatic heterocycles. The van der Waals surface area contributed by atoms with Crippen LogP contribution in [0.5, 0.6) is 0 Å². The Morgan fingerprint density at radius 2 is 0.875 bits per heavy atom. The third kappa shape index (κ3) is 9.36. The molecule has 8 nitrogen and oxygen atoms in total. The van der Waals surface area contributed by atoms with Crippen LogP contribution in [-0.4, -0.2) is 36.6 Å². The summed E-state index contributed by atoms with van der Waals surface area (Å²) in [4.78, 5) is 24.1. The van der Waals surface area contributed by atoms with Gasteiger partial charge < -0.3 is 22.1 Å². The molecule has 0 fully saturated rings. The van der Waals surface area contributed by atoms with E-state index in [0.717, 1.165) is 25.7 Å². The van der Waals surface area contributed by atoms with E-state index in [9.17, 15) is 9.59 Å². The SMILES string of the molecule is Cl.Cl.N=C(N)c1ccc(C(=O)NCCCCCCNC(=O)c2ccc(C(=N)N)cc2)cc1. The van der Waals surface area contributed by atoms with E-state index in [1.165, 1.54) is 0 Å². The van der Waals surface area contributed by atoms with Gasteiger partial charge in [-0.3, -0.25) is 20.4 Å². The lowest BCUT2D eigenvalue weighted by Gasteiger charge is -2.07. The maximum atomic E-state index is 12.1. The van der Waals surface area contributed by atoms with Crippen LogP contribution < -0.4 is 22.1 Å². The number of rotatable bonds is 11. The van der Waals surface area contributed by atoms with Gasteiger partial charge in [0.25, 0.3) is 11.8 Å². The number of benzene rings is 2. The van der Waals surface area contributed by atoms with Crippen molar-refractivity contribution in [2.24, 2.45) is 11.5 Å². The zero-order valence-electron chi connectivity index (χ0n) is 17.6. The molecular formula is C22H30Cl2N6O2. The van der Waals surface area contributed by atoms with Crippen LogP contribution in [0.25, 0.3) is 0 Å². The minimum atomic E-state index is -0.145. The highest BCUT2D eigenvalue weighted by Crippen LogP contribution is 2.06. The highest BCUT2D eigenvalue weighted by molar-refractivity contribution is 5.99. The number of hydrogen-bond acceptors (Lipinski definition) is 4. The normalized spacial score (nSPS) is 9.62. The number of hydrogen-bond donors (Lipinski definition) is 6. The topological polar surface area (TPSA) is 158 Å². The summed E-state index contributed by atoms with van der Waals surface area (Å²) in [5.74, 6) is -0.339. The molecule has 174 valence electrons. The molecule has 0 saturated carbocycles. The maximum absolute atomic E-state index is 12.1. The van der Waals surface area contributed by atoms with Gasteiger partial charge in [0.05, 0.1) is 0 Å². The lowest BCUT2D eigenvalue weighted by Crippen LogP contribution is -2.25. The number of nitrogen functional groups attached to an aromatic ring is 2. The predicted octanol–water partition coefficient (Wildman–Crippen LogP) is 2.82. The first-order valence-corrected chi connectivity index (χ1v) is 9.84.